The molecular formula is C8H9N5O. The van der Waals surface area contributed by atoms with Crippen LogP contribution >= 0.6 is 0 Å². The molecule has 0 saturated carbocycles. The smallest absolute Gasteiger partial charge is 0.261 e. The molecule has 0 aliphatic carbocycles. The van der Waals surface area contributed by atoms with Crippen LogP contribution in [0.2, 0.25) is 0 Å². The molecule has 72 valence electrons. The molecule has 6 N–H and O–H groups in total. The van der Waals surface area contributed by atoms with Crippen molar-refractivity contribution in [1.82, 2.24) is 10.1 Å². The van der Waals surface area contributed by atoms with Crippen molar-refractivity contribution in [3.05, 3.63) is 18.2 Å². The van der Waals surface area contributed by atoms with Crippen LogP contribution in [0, 0.1) is 0 Å². The number of rotatable bonds is 1. The Balaban J connectivity index is 2.51. The molecule has 0 saturated heterocycles. The molecule has 1 heterocycles. The van der Waals surface area contributed by atoms with E-state index in [9.17, 15) is 0 Å². The van der Waals surface area contributed by atoms with E-state index >= 15 is 0 Å². The van der Waals surface area contributed by atoms with Gasteiger partial charge in [-0.3, -0.25) is 0 Å². The molecule has 0 fully saturated rings. The highest BCUT2D eigenvalue weighted by Crippen LogP contribution is 2.23. The number of nitrogen functional groups attached to an aromatic ring is 3. The van der Waals surface area contributed by atoms with Crippen LogP contribution in [0.3, 0.4) is 0 Å². The van der Waals surface area contributed by atoms with Crippen molar-refractivity contribution in [2.24, 2.45) is 0 Å². The first-order chi connectivity index (χ1) is 6.65. The van der Waals surface area contributed by atoms with Crippen molar-refractivity contribution in [2.75, 3.05) is 17.2 Å². The second-order valence-corrected chi connectivity index (χ2v) is 2.85. The minimum Gasteiger partial charge on any atom is -0.399 e. The van der Waals surface area contributed by atoms with Crippen LogP contribution in [0.4, 0.5) is 17.3 Å². The summed E-state index contributed by atoms with van der Waals surface area (Å²) < 4.78 is 4.86. The second-order valence-electron chi connectivity index (χ2n) is 2.85. The van der Waals surface area contributed by atoms with Gasteiger partial charge in [0, 0.05) is 16.9 Å². The lowest BCUT2D eigenvalue weighted by atomic mass is 10.2. The van der Waals surface area contributed by atoms with Gasteiger partial charge in [-0.2, -0.15) is 4.98 Å². The number of nitrogens with two attached hydrogens (primary N) is 3. The number of benzene rings is 1. The van der Waals surface area contributed by atoms with Crippen LogP contribution < -0.4 is 17.2 Å². The van der Waals surface area contributed by atoms with Gasteiger partial charge in [0.25, 0.3) is 11.8 Å². The highest BCUT2D eigenvalue weighted by molar-refractivity contribution is 5.67. The molecule has 0 bridgehead atoms. The van der Waals surface area contributed by atoms with E-state index in [4.69, 9.17) is 21.7 Å². The zero-order chi connectivity index (χ0) is 10.1. The van der Waals surface area contributed by atoms with Gasteiger partial charge in [0.15, 0.2) is 0 Å². The van der Waals surface area contributed by atoms with Gasteiger partial charge >= 0.3 is 0 Å². The Kier molecular flexibility index (Phi) is 1.74. The summed E-state index contributed by atoms with van der Waals surface area (Å²) in [5.74, 6) is 0.391. The topological polar surface area (TPSA) is 117 Å². The lowest BCUT2D eigenvalue weighted by Gasteiger charge is -1.99. The van der Waals surface area contributed by atoms with Crippen molar-refractivity contribution in [1.29, 1.82) is 0 Å². The fraction of sp³-hybridized carbons (Fsp3) is 0. The maximum atomic E-state index is 5.60. The van der Waals surface area contributed by atoms with Crippen LogP contribution in [0.15, 0.2) is 22.7 Å². The summed E-state index contributed by atoms with van der Waals surface area (Å²) in [4.78, 5) is 3.85. The van der Waals surface area contributed by atoms with Crippen LogP contribution in [0.25, 0.3) is 11.5 Å². The van der Waals surface area contributed by atoms with Crippen LogP contribution in [0.5, 0.6) is 0 Å². The Morgan fingerprint density at radius 3 is 2.14 bits per heavy atom. The Labute approximate surface area is 79.7 Å². The molecule has 0 atom stereocenters. The van der Waals surface area contributed by atoms with Crippen molar-refractivity contribution >= 4 is 17.3 Å². The van der Waals surface area contributed by atoms with Gasteiger partial charge in [-0.05, 0) is 23.4 Å². The molecule has 6 nitrogen and oxygen atoms in total. The quantitative estimate of drug-likeness (QED) is 0.564. The zero-order valence-corrected chi connectivity index (χ0v) is 7.27. The fourth-order valence-electron chi connectivity index (χ4n) is 1.15. The van der Waals surface area contributed by atoms with Crippen molar-refractivity contribution in [2.45, 2.75) is 0 Å². The Morgan fingerprint density at radius 2 is 1.64 bits per heavy atom. The highest BCUT2D eigenvalue weighted by Gasteiger charge is 2.07. The minimum absolute atomic E-state index is 0.0843. The molecule has 0 radical (unpaired) electrons. The van der Waals surface area contributed by atoms with E-state index in [1.165, 1.54) is 0 Å². The summed E-state index contributed by atoms with van der Waals surface area (Å²) in [5.41, 5.74) is 18.3. The molecule has 0 aliphatic heterocycles. The van der Waals surface area contributed by atoms with Crippen molar-refractivity contribution < 1.29 is 4.52 Å². The number of aromatic nitrogens is 2. The summed E-state index contributed by atoms with van der Waals surface area (Å²) in [6.07, 6.45) is 0. The molecule has 1 aromatic carbocycles. The average molecular weight is 191 g/mol. The number of nitrogens with zero attached hydrogens (tertiary/aromatic N) is 2. The Morgan fingerprint density at radius 1 is 1.00 bits per heavy atom. The van der Waals surface area contributed by atoms with E-state index in [1.54, 1.807) is 18.2 Å². The minimum atomic E-state index is 0.0843. The third-order valence-corrected chi connectivity index (χ3v) is 1.67. The van der Waals surface area contributed by atoms with E-state index in [1.807, 2.05) is 0 Å². The molecule has 0 amide bonds. The first-order valence-electron chi connectivity index (χ1n) is 3.91. The molecule has 2 aromatic rings. The maximum Gasteiger partial charge on any atom is 0.261 e. The van der Waals surface area contributed by atoms with E-state index in [0.29, 0.717) is 22.8 Å². The number of anilines is 3. The van der Waals surface area contributed by atoms with Crippen molar-refractivity contribution in [3.8, 4) is 11.5 Å². The summed E-state index contributed by atoms with van der Waals surface area (Å²) in [6, 6.07) is 5.01. The molecule has 0 spiro atoms. The lowest BCUT2D eigenvalue weighted by Crippen LogP contribution is -1.91. The van der Waals surface area contributed by atoms with Gasteiger partial charge in [-0.1, -0.05) is 0 Å². The van der Waals surface area contributed by atoms with E-state index in [-0.39, 0.29) is 5.95 Å². The monoisotopic (exact) mass is 191 g/mol. The van der Waals surface area contributed by atoms with E-state index in [0.717, 1.165) is 0 Å². The van der Waals surface area contributed by atoms with Gasteiger partial charge in [-0.15, -0.1) is 0 Å². The first kappa shape index (κ1) is 8.36. The molecule has 6 heteroatoms. The van der Waals surface area contributed by atoms with Gasteiger partial charge in [0.1, 0.15) is 0 Å². The SMILES string of the molecule is Nc1cc(N)cc(-c2nc(N)no2)c1. The summed E-state index contributed by atoms with van der Waals surface area (Å²) in [6.45, 7) is 0. The maximum absolute atomic E-state index is 5.60. The molecule has 0 unspecified atom stereocenters. The zero-order valence-electron chi connectivity index (χ0n) is 7.27. The summed E-state index contributed by atoms with van der Waals surface area (Å²) in [7, 11) is 0. The number of hydrogen-bond donors (Lipinski definition) is 3. The van der Waals surface area contributed by atoms with Crippen LogP contribution in [-0.4, -0.2) is 10.1 Å². The van der Waals surface area contributed by atoms with Crippen LogP contribution in [0.1, 0.15) is 0 Å². The van der Waals surface area contributed by atoms with E-state index in [2.05, 4.69) is 10.1 Å². The first-order valence-corrected chi connectivity index (χ1v) is 3.91. The highest BCUT2D eigenvalue weighted by atomic mass is 16.5. The van der Waals surface area contributed by atoms with Gasteiger partial charge in [-0.25, -0.2) is 0 Å². The van der Waals surface area contributed by atoms with Crippen LogP contribution in [-0.2, 0) is 0 Å². The lowest BCUT2D eigenvalue weighted by molar-refractivity contribution is 0.433. The molecule has 1 aromatic heterocycles. The second kappa shape index (κ2) is 2.91. The predicted molar refractivity (Wildman–Crippen MR) is 53.0 cm³/mol. The molecule has 0 aliphatic rings. The summed E-state index contributed by atoms with van der Waals surface area (Å²) in [5, 5.41) is 3.46. The molecule has 14 heavy (non-hydrogen) atoms. The third kappa shape index (κ3) is 1.45. The third-order valence-electron chi connectivity index (χ3n) is 1.67. The number of hydrogen-bond acceptors (Lipinski definition) is 6. The van der Waals surface area contributed by atoms with Gasteiger partial charge in [0.2, 0.25) is 0 Å². The normalized spacial score (nSPS) is 10.3. The standard InChI is InChI=1S/C8H9N5O/c9-5-1-4(2-6(10)3-5)7-12-8(11)13-14-7/h1-3H,9-10H2,(H2,11,13). The molecular weight excluding hydrogens is 182 g/mol. The van der Waals surface area contributed by atoms with Gasteiger partial charge < -0.3 is 21.7 Å². The Hall–Kier alpha value is -2.24. The fourth-order valence-corrected chi connectivity index (χ4v) is 1.15. The van der Waals surface area contributed by atoms with E-state index < -0.39 is 0 Å². The predicted octanol–water partition coefficient (Wildman–Crippen LogP) is 0.483. The average Bonchev–Trinajstić information content (AvgIpc) is 2.50. The largest absolute Gasteiger partial charge is 0.399 e. The Bertz CT molecular complexity index is 444. The molecule has 2 rings (SSSR count). The van der Waals surface area contributed by atoms with Crippen molar-refractivity contribution in [3.63, 3.8) is 0 Å². The summed E-state index contributed by atoms with van der Waals surface area (Å²) >= 11 is 0. The van der Waals surface area contributed by atoms with Gasteiger partial charge in [0.05, 0.1) is 0 Å².